The highest BCUT2D eigenvalue weighted by Gasteiger charge is 2.18. The van der Waals surface area contributed by atoms with Gasteiger partial charge in [-0.05, 0) is 23.6 Å². The van der Waals surface area contributed by atoms with Gasteiger partial charge in [0.2, 0.25) is 5.91 Å². The number of amides is 1. The molecule has 0 aromatic heterocycles. The van der Waals surface area contributed by atoms with Crippen LogP contribution in [0, 0.1) is 5.92 Å². The molecule has 0 heterocycles. The van der Waals surface area contributed by atoms with E-state index in [1.54, 1.807) is 12.1 Å². The van der Waals surface area contributed by atoms with Crippen LogP contribution in [0.15, 0.2) is 24.3 Å². The van der Waals surface area contributed by atoms with Crippen LogP contribution in [0.3, 0.4) is 0 Å². The Hall–Kier alpha value is -1.88. The van der Waals surface area contributed by atoms with Gasteiger partial charge in [-0.2, -0.15) is 0 Å². The SMILES string of the molecule is CC[C@H](C)[C@H](N)C(=O)NCc1ccc(C(=O)O)cc1. The molecule has 0 saturated carbocycles. The van der Waals surface area contributed by atoms with Gasteiger partial charge in [0.25, 0.3) is 0 Å². The van der Waals surface area contributed by atoms with Crippen molar-refractivity contribution >= 4 is 11.9 Å². The van der Waals surface area contributed by atoms with Crippen molar-refractivity contribution in [3.05, 3.63) is 35.4 Å². The van der Waals surface area contributed by atoms with E-state index in [0.29, 0.717) is 6.54 Å². The number of benzene rings is 1. The monoisotopic (exact) mass is 264 g/mol. The first-order valence-corrected chi connectivity index (χ1v) is 6.31. The van der Waals surface area contributed by atoms with Gasteiger partial charge in [0, 0.05) is 6.54 Å². The van der Waals surface area contributed by atoms with Crippen LogP contribution in [0.4, 0.5) is 0 Å². The van der Waals surface area contributed by atoms with E-state index in [9.17, 15) is 9.59 Å². The number of nitrogens with two attached hydrogens (primary N) is 1. The Bertz CT molecular complexity index is 443. The minimum atomic E-state index is -0.964. The molecule has 1 aromatic rings. The number of rotatable bonds is 6. The lowest BCUT2D eigenvalue weighted by Crippen LogP contribution is -2.44. The second-order valence-electron chi connectivity index (χ2n) is 4.63. The zero-order chi connectivity index (χ0) is 14.4. The fraction of sp³-hybridized carbons (Fsp3) is 0.429. The van der Waals surface area contributed by atoms with Crippen LogP contribution < -0.4 is 11.1 Å². The molecule has 0 fully saturated rings. The third kappa shape index (κ3) is 4.37. The highest BCUT2D eigenvalue weighted by Crippen LogP contribution is 2.07. The van der Waals surface area contributed by atoms with E-state index >= 15 is 0 Å². The van der Waals surface area contributed by atoms with Gasteiger partial charge < -0.3 is 16.2 Å². The minimum Gasteiger partial charge on any atom is -0.478 e. The van der Waals surface area contributed by atoms with E-state index in [0.717, 1.165) is 12.0 Å². The van der Waals surface area contributed by atoms with Gasteiger partial charge in [0.1, 0.15) is 0 Å². The standard InChI is InChI=1S/C14H20N2O3/c1-3-9(2)12(15)13(17)16-8-10-4-6-11(7-5-10)14(18)19/h4-7,9,12H,3,8,15H2,1-2H3,(H,16,17)(H,18,19)/t9-,12-/m0/s1. The molecule has 0 bridgehead atoms. The van der Waals surface area contributed by atoms with E-state index < -0.39 is 12.0 Å². The summed E-state index contributed by atoms with van der Waals surface area (Å²) in [4.78, 5) is 22.5. The van der Waals surface area contributed by atoms with Gasteiger partial charge in [-0.15, -0.1) is 0 Å². The molecule has 0 saturated heterocycles. The summed E-state index contributed by atoms with van der Waals surface area (Å²) in [6, 6.07) is 5.87. The van der Waals surface area contributed by atoms with E-state index in [1.165, 1.54) is 12.1 Å². The summed E-state index contributed by atoms with van der Waals surface area (Å²) in [7, 11) is 0. The van der Waals surface area contributed by atoms with Crippen molar-refractivity contribution in [1.82, 2.24) is 5.32 Å². The Morgan fingerprint density at radius 2 is 1.89 bits per heavy atom. The predicted octanol–water partition coefficient (Wildman–Crippen LogP) is 1.37. The highest BCUT2D eigenvalue weighted by molar-refractivity contribution is 5.87. The topological polar surface area (TPSA) is 92.4 Å². The van der Waals surface area contributed by atoms with Gasteiger partial charge >= 0.3 is 5.97 Å². The predicted molar refractivity (Wildman–Crippen MR) is 72.7 cm³/mol. The highest BCUT2D eigenvalue weighted by atomic mass is 16.4. The number of hydrogen-bond acceptors (Lipinski definition) is 3. The zero-order valence-corrected chi connectivity index (χ0v) is 11.2. The molecule has 5 nitrogen and oxygen atoms in total. The van der Waals surface area contributed by atoms with Crippen molar-refractivity contribution in [2.75, 3.05) is 0 Å². The quantitative estimate of drug-likeness (QED) is 0.723. The first kappa shape index (κ1) is 15.2. The molecule has 5 heteroatoms. The number of carboxylic acid groups (broad SMARTS) is 1. The molecule has 0 unspecified atom stereocenters. The molecule has 2 atom stereocenters. The van der Waals surface area contributed by atoms with Crippen molar-refractivity contribution in [3.63, 3.8) is 0 Å². The molecule has 0 radical (unpaired) electrons. The molecule has 1 rings (SSSR count). The first-order valence-electron chi connectivity index (χ1n) is 6.31. The van der Waals surface area contributed by atoms with Crippen molar-refractivity contribution in [1.29, 1.82) is 0 Å². The fourth-order valence-electron chi connectivity index (χ4n) is 1.58. The molecule has 0 spiro atoms. The van der Waals surface area contributed by atoms with Crippen molar-refractivity contribution in [2.45, 2.75) is 32.9 Å². The summed E-state index contributed by atoms with van der Waals surface area (Å²) >= 11 is 0. The molecular weight excluding hydrogens is 244 g/mol. The van der Waals surface area contributed by atoms with E-state index in [2.05, 4.69) is 5.32 Å². The van der Waals surface area contributed by atoms with Crippen molar-refractivity contribution < 1.29 is 14.7 Å². The van der Waals surface area contributed by atoms with Gasteiger partial charge in [-0.3, -0.25) is 4.79 Å². The summed E-state index contributed by atoms with van der Waals surface area (Å²) in [5.74, 6) is -1.01. The van der Waals surface area contributed by atoms with Gasteiger partial charge in [-0.25, -0.2) is 4.79 Å². The van der Waals surface area contributed by atoms with Crippen LogP contribution in [0.1, 0.15) is 36.2 Å². The number of nitrogens with one attached hydrogen (secondary N) is 1. The Morgan fingerprint density at radius 3 is 2.37 bits per heavy atom. The first-order chi connectivity index (χ1) is 8.95. The van der Waals surface area contributed by atoms with E-state index in [4.69, 9.17) is 10.8 Å². The summed E-state index contributed by atoms with van der Waals surface area (Å²) < 4.78 is 0. The largest absolute Gasteiger partial charge is 0.478 e. The molecule has 0 aliphatic carbocycles. The third-order valence-electron chi connectivity index (χ3n) is 3.23. The summed E-state index contributed by atoms with van der Waals surface area (Å²) in [5, 5.41) is 11.5. The normalized spacial score (nSPS) is 13.6. The van der Waals surface area contributed by atoms with Crippen molar-refractivity contribution in [2.24, 2.45) is 11.7 Å². The number of carbonyl (C=O) groups is 2. The summed E-state index contributed by atoms with van der Waals surface area (Å²) in [6.07, 6.45) is 0.849. The molecule has 1 amide bonds. The Balaban J connectivity index is 2.52. The van der Waals surface area contributed by atoms with Crippen LogP contribution in [-0.2, 0) is 11.3 Å². The lowest BCUT2D eigenvalue weighted by Gasteiger charge is -2.17. The maximum Gasteiger partial charge on any atom is 0.335 e. The minimum absolute atomic E-state index is 0.134. The molecule has 0 aliphatic rings. The molecular formula is C14H20N2O3. The number of carboxylic acids is 1. The summed E-state index contributed by atoms with van der Waals surface area (Å²) in [5.41, 5.74) is 6.88. The number of aromatic carboxylic acids is 1. The van der Waals surface area contributed by atoms with Crippen LogP contribution in [0.5, 0.6) is 0 Å². The number of carbonyl (C=O) groups excluding carboxylic acids is 1. The lowest BCUT2D eigenvalue weighted by atomic mass is 9.99. The third-order valence-corrected chi connectivity index (χ3v) is 3.23. The van der Waals surface area contributed by atoms with Crippen LogP contribution >= 0.6 is 0 Å². The van der Waals surface area contributed by atoms with Crippen LogP contribution in [0.25, 0.3) is 0 Å². The van der Waals surface area contributed by atoms with Crippen LogP contribution in [-0.4, -0.2) is 23.0 Å². The van der Waals surface area contributed by atoms with Crippen molar-refractivity contribution in [3.8, 4) is 0 Å². The van der Waals surface area contributed by atoms with Crippen LogP contribution in [0.2, 0.25) is 0 Å². The Kier molecular flexibility index (Phi) is 5.51. The zero-order valence-electron chi connectivity index (χ0n) is 11.2. The van der Waals surface area contributed by atoms with Gasteiger partial charge in [-0.1, -0.05) is 32.4 Å². The molecule has 19 heavy (non-hydrogen) atoms. The van der Waals surface area contributed by atoms with Gasteiger partial charge in [0.05, 0.1) is 11.6 Å². The maximum atomic E-state index is 11.8. The van der Waals surface area contributed by atoms with E-state index in [1.807, 2.05) is 13.8 Å². The second kappa shape index (κ2) is 6.89. The lowest BCUT2D eigenvalue weighted by molar-refractivity contribution is -0.123. The maximum absolute atomic E-state index is 11.8. The molecule has 1 aromatic carbocycles. The Labute approximate surface area is 112 Å². The molecule has 4 N–H and O–H groups in total. The number of hydrogen-bond donors (Lipinski definition) is 3. The molecule has 104 valence electrons. The average molecular weight is 264 g/mol. The smallest absolute Gasteiger partial charge is 0.335 e. The van der Waals surface area contributed by atoms with Gasteiger partial charge in [0.15, 0.2) is 0 Å². The fourth-order valence-corrected chi connectivity index (χ4v) is 1.58. The Morgan fingerprint density at radius 1 is 1.32 bits per heavy atom. The van der Waals surface area contributed by atoms with E-state index in [-0.39, 0.29) is 17.4 Å². The second-order valence-corrected chi connectivity index (χ2v) is 4.63. The molecule has 0 aliphatic heterocycles. The average Bonchev–Trinajstić information content (AvgIpc) is 2.43. The summed E-state index contributed by atoms with van der Waals surface area (Å²) in [6.45, 7) is 4.27.